The van der Waals surface area contributed by atoms with Gasteiger partial charge < -0.3 is 10.2 Å². The van der Waals surface area contributed by atoms with E-state index < -0.39 is 10.8 Å². The van der Waals surface area contributed by atoms with Crippen molar-refractivity contribution in [1.29, 1.82) is 0 Å². The van der Waals surface area contributed by atoms with Crippen molar-refractivity contribution < 1.29 is 4.21 Å². The molecule has 0 aromatic carbocycles. The molecule has 0 atom stereocenters. The molecule has 1 N–H and O–H groups in total. The van der Waals surface area contributed by atoms with E-state index >= 15 is 0 Å². The number of nitrogens with one attached hydrogen (secondary N) is 1. The van der Waals surface area contributed by atoms with Crippen LogP contribution in [0.5, 0.6) is 0 Å². The zero-order valence-electron chi connectivity index (χ0n) is 10.4. The van der Waals surface area contributed by atoms with Crippen molar-refractivity contribution in [3.63, 3.8) is 0 Å². The van der Waals surface area contributed by atoms with Gasteiger partial charge in [0.25, 0.3) is 0 Å². The fourth-order valence-electron chi connectivity index (χ4n) is 1.80. The Morgan fingerprint density at radius 3 is 2.83 bits per heavy atom. The van der Waals surface area contributed by atoms with Gasteiger partial charge in [0.15, 0.2) is 0 Å². The Balaban J connectivity index is 2.15. The summed E-state index contributed by atoms with van der Waals surface area (Å²) < 4.78 is 12.3. The smallest absolute Gasteiger partial charge is 0.148 e. The van der Waals surface area contributed by atoms with Crippen LogP contribution < -0.4 is 10.2 Å². The molecule has 0 unspecified atom stereocenters. The molecule has 2 rings (SSSR count). The molecule has 1 aromatic rings. The van der Waals surface area contributed by atoms with Gasteiger partial charge in [0.05, 0.1) is 0 Å². The van der Waals surface area contributed by atoms with E-state index in [1.54, 1.807) is 6.33 Å². The fourth-order valence-corrected chi connectivity index (χ4v) is 3.45. The maximum Gasteiger partial charge on any atom is 0.148 e. The lowest BCUT2D eigenvalue weighted by atomic mass is 10.4. The standard InChI is InChI=1S/C11H17BrN4OS/c1-2-3-13-10-9(12)11(15-8-14-10)16-4-6-18(17)7-5-16/h8H,2-7H2,1H3,(H,13,14,15). The highest BCUT2D eigenvalue weighted by Crippen LogP contribution is 2.29. The molecule has 1 fully saturated rings. The first-order valence-corrected chi connectivity index (χ1v) is 8.34. The summed E-state index contributed by atoms with van der Waals surface area (Å²) in [5.74, 6) is 3.15. The zero-order valence-corrected chi connectivity index (χ0v) is 12.8. The monoisotopic (exact) mass is 332 g/mol. The minimum absolute atomic E-state index is 0.667. The number of anilines is 2. The lowest BCUT2D eigenvalue weighted by molar-refractivity contribution is 0.672. The van der Waals surface area contributed by atoms with Crippen molar-refractivity contribution >= 4 is 38.4 Å². The molecule has 0 radical (unpaired) electrons. The van der Waals surface area contributed by atoms with Gasteiger partial charge in [-0.25, -0.2) is 9.97 Å². The number of rotatable bonds is 4. The Kier molecular flexibility index (Phi) is 4.94. The van der Waals surface area contributed by atoms with Gasteiger partial charge >= 0.3 is 0 Å². The van der Waals surface area contributed by atoms with Crippen LogP contribution in [0.1, 0.15) is 13.3 Å². The molecule has 1 aliphatic heterocycles. The van der Waals surface area contributed by atoms with Crippen LogP contribution in [0.2, 0.25) is 0 Å². The second-order valence-corrected chi connectivity index (χ2v) is 6.61. The second-order valence-electron chi connectivity index (χ2n) is 4.12. The maximum absolute atomic E-state index is 11.4. The Bertz CT molecular complexity index is 433. The van der Waals surface area contributed by atoms with E-state index in [2.05, 4.69) is 43.0 Å². The highest BCUT2D eigenvalue weighted by atomic mass is 79.9. The molecule has 2 heterocycles. The summed E-state index contributed by atoms with van der Waals surface area (Å²) in [6.07, 6.45) is 2.62. The summed E-state index contributed by atoms with van der Waals surface area (Å²) in [5.41, 5.74) is 0. The van der Waals surface area contributed by atoms with Crippen molar-refractivity contribution in [1.82, 2.24) is 9.97 Å². The van der Waals surface area contributed by atoms with Crippen LogP contribution in [0.4, 0.5) is 11.6 Å². The van der Waals surface area contributed by atoms with Crippen LogP contribution in [0.25, 0.3) is 0 Å². The average molecular weight is 333 g/mol. The Hall–Kier alpha value is -0.690. The molecule has 1 aliphatic rings. The summed E-state index contributed by atoms with van der Waals surface area (Å²) in [6.45, 7) is 4.58. The SMILES string of the molecule is CCCNc1ncnc(N2CCS(=O)CC2)c1Br. The van der Waals surface area contributed by atoms with Gasteiger partial charge in [0.1, 0.15) is 22.4 Å². The molecule has 0 saturated carbocycles. The number of aromatic nitrogens is 2. The van der Waals surface area contributed by atoms with Crippen LogP contribution in [0, 0.1) is 0 Å². The van der Waals surface area contributed by atoms with Crippen molar-refractivity contribution in [2.24, 2.45) is 0 Å². The van der Waals surface area contributed by atoms with Crippen LogP contribution in [0.15, 0.2) is 10.8 Å². The molecule has 1 aromatic heterocycles. The van der Waals surface area contributed by atoms with E-state index in [4.69, 9.17) is 0 Å². The van der Waals surface area contributed by atoms with Gasteiger partial charge in [0, 0.05) is 41.9 Å². The number of hydrogen-bond acceptors (Lipinski definition) is 5. The first kappa shape index (κ1) is 13.7. The van der Waals surface area contributed by atoms with Crippen molar-refractivity contribution in [3.05, 3.63) is 10.8 Å². The van der Waals surface area contributed by atoms with E-state index in [0.29, 0.717) is 11.5 Å². The Morgan fingerprint density at radius 2 is 2.17 bits per heavy atom. The van der Waals surface area contributed by atoms with Gasteiger partial charge in [-0.2, -0.15) is 0 Å². The van der Waals surface area contributed by atoms with E-state index in [9.17, 15) is 4.21 Å². The first-order chi connectivity index (χ1) is 8.72. The van der Waals surface area contributed by atoms with E-state index in [0.717, 1.165) is 42.2 Å². The normalized spacial score (nSPS) is 16.9. The third-order valence-corrected chi connectivity index (χ3v) is 4.80. The predicted octanol–water partition coefficient (Wildman–Crippen LogP) is 1.63. The number of hydrogen-bond donors (Lipinski definition) is 1. The van der Waals surface area contributed by atoms with Crippen LogP contribution in [0.3, 0.4) is 0 Å². The first-order valence-electron chi connectivity index (χ1n) is 6.06. The van der Waals surface area contributed by atoms with Crippen molar-refractivity contribution in [3.8, 4) is 0 Å². The summed E-state index contributed by atoms with van der Waals surface area (Å²) in [6, 6.07) is 0. The average Bonchev–Trinajstić information content (AvgIpc) is 2.39. The van der Waals surface area contributed by atoms with Crippen LogP contribution in [-0.2, 0) is 10.8 Å². The molecule has 100 valence electrons. The lowest BCUT2D eigenvalue weighted by Gasteiger charge is -2.28. The molecular formula is C11H17BrN4OS. The van der Waals surface area contributed by atoms with Gasteiger partial charge in [-0.1, -0.05) is 6.92 Å². The van der Waals surface area contributed by atoms with Gasteiger partial charge in [-0.05, 0) is 22.4 Å². The summed E-state index contributed by atoms with van der Waals surface area (Å²) in [7, 11) is -0.667. The van der Waals surface area contributed by atoms with Crippen molar-refractivity contribution in [2.45, 2.75) is 13.3 Å². The Morgan fingerprint density at radius 1 is 1.44 bits per heavy atom. The number of halogens is 1. The third-order valence-electron chi connectivity index (χ3n) is 2.79. The summed E-state index contributed by atoms with van der Waals surface area (Å²) in [4.78, 5) is 10.7. The molecule has 0 aliphatic carbocycles. The third kappa shape index (κ3) is 3.20. The summed E-state index contributed by atoms with van der Waals surface area (Å²) >= 11 is 3.56. The highest BCUT2D eigenvalue weighted by Gasteiger charge is 2.20. The highest BCUT2D eigenvalue weighted by molar-refractivity contribution is 9.10. The van der Waals surface area contributed by atoms with Gasteiger partial charge in [-0.3, -0.25) is 4.21 Å². The predicted molar refractivity (Wildman–Crippen MR) is 78.6 cm³/mol. The molecular weight excluding hydrogens is 316 g/mol. The Labute approximate surface area is 118 Å². The summed E-state index contributed by atoms with van der Waals surface area (Å²) in [5, 5.41) is 3.27. The molecule has 1 saturated heterocycles. The quantitative estimate of drug-likeness (QED) is 0.908. The van der Waals surface area contributed by atoms with Gasteiger partial charge in [0.2, 0.25) is 0 Å². The molecule has 0 bridgehead atoms. The molecule has 0 amide bonds. The van der Waals surface area contributed by atoms with Crippen molar-refractivity contribution in [2.75, 3.05) is 41.4 Å². The molecule has 5 nitrogen and oxygen atoms in total. The van der Waals surface area contributed by atoms with E-state index in [1.165, 1.54) is 0 Å². The largest absolute Gasteiger partial charge is 0.369 e. The van der Waals surface area contributed by atoms with E-state index in [1.807, 2.05) is 0 Å². The van der Waals surface area contributed by atoms with Gasteiger partial charge in [-0.15, -0.1) is 0 Å². The van der Waals surface area contributed by atoms with Crippen LogP contribution in [-0.4, -0.2) is 45.3 Å². The minimum Gasteiger partial charge on any atom is -0.369 e. The van der Waals surface area contributed by atoms with E-state index in [-0.39, 0.29) is 0 Å². The maximum atomic E-state index is 11.4. The van der Waals surface area contributed by atoms with Crippen LogP contribution >= 0.6 is 15.9 Å². The number of nitrogens with zero attached hydrogens (tertiary/aromatic N) is 3. The topological polar surface area (TPSA) is 58.1 Å². The zero-order chi connectivity index (χ0) is 13.0. The molecule has 7 heteroatoms. The minimum atomic E-state index is -0.667. The molecule has 18 heavy (non-hydrogen) atoms. The lowest BCUT2D eigenvalue weighted by Crippen LogP contribution is -2.38. The second kappa shape index (κ2) is 6.47. The fraction of sp³-hybridized carbons (Fsp3) is 0.636. The molecule has 0 spiro atoms.